The fourth-order valence-corrected chi connectivity index (χ4v) is 5.04. The maximum Gasteiger partial charge on any atom is 0.341 e. The number of nitrogens with one attached hydrogen (secondary N) is 1. The van der Waals surface area contributed by atoms with Crippen molar-refractivity contribution in [2.24, 2.45) is 0 Å². The van der Waals surface area contributed by atoms with Gasteiger partial charge in [0.15, 0.2) is 0 Å². The largest absolute Gasteiger partial charge is 0.462 e. The number of amides is 1. The van der Waals surface area contributed by atoms with Gasteiger partial charge in [0.05, 0.1) is 25.4 Å². The molecule has 2 aromatic rings. The number of rotatable bonds is 6. The Bertz CT molecular complexity index is 778. The van der Waals surface area contributed by atoms with E-state index in [2.05, 4.69) is 10.2 Å². The molecule has 0 spiro atoms. The number of nitrogens with zero attached hydrogens (tertiary/aromatic N) is 1. The highest BCUT2D eigenvalue weighted by Gasteiger charge is 2.26. The number of hydrogen-bond acceptors (Lipinski definition) is 7. The van der Waals surface area contributed by atoms with E-state index in [1.165, 1.54) is 11.3 Å². The molecule has 2 atom stereocenters. The van der Waals surface area contributed by atoms with E-state index in [1.807, 2.05) is 36.7 Å². The number of thiophene rings is 2. The molecule has 3 rings (SSSR count). The Balaban J connectivity index is 1.76. The van der Waals surface area contributed by atoms with Crippen LogP contribution < -0.4 is 5.32 Å². The number of carbonyl (C=O) groups excluding carboxylic acids is 2. The van der Waals surface area contributed by atoms with Gasteiger partial charge in [0.25, 0.3) is 0 Å². The third-order valence-electron chi connectivity index (χ3n) is 4.17. The van der Waals surface area contributed by atoms with E-state index < -0.39 is 5.97 Å². The molecule has 1 aliphatic heterocycles. The summed E-state index contributed by atoms with van der Waals surface area (Å²) in [4.78, 5) is 28.1. The van der Waals surface area contributed by atoms with Crippen LogP contribution in [-0.4, -0.2) is 55.2 Å². The highest BCUT2D eigenvalue weighted by molar-refractivity contribution is 7.17. The molecule has 0 saturated carbocycles. The lowest BCUT2D eigenvalue weighted by atomic mass is 10.1. The fraction of sp³-hybridized carbons (Fsp3) is 0.474. The molecule has 1 saturated heterocycles. The van der Waals surface area contributed by atoms with Gasteiger partial charge in [-0.1, -0.05) is 6.07 Å². The van der Waals surface area contributed by atoms with Crippen LogP contribution in [0.15, 0.2) is 22.9 Å². The monoisotopic (exact) mass is 408 g/mol. The van der Waals surface area contributed by atoms with Crippen LogP contribution in [0.4, 0.5) is 5.00 Å². The summed E-state index contributed by atoms with van der Waals surface area (Å²) >= 11 is 2.90. The minimum Gasteiger partial charge on any atom is -0.462 e. The Kier molecular flexibility index (Phi) is 6.64. The summed E-state index contributed by atoms with van der Waals surface area (Å²) in [6.07, 6.45) is 0.202. The van der Waals surface area contributed by atoms with Gasteiger partial charge < -0.3 is 14.8 Å². The van der Waals surface area contributed by atoms with Crippen LogP contribution in [0, 0.1) is 0 Å². The lowest BCUT2D eigenvalue weighted by molar-refractivity contribution is -0.121. The van der Waals surface area contributed by atoms with Crippen LogP contribution in [0.1, 0.15) is 31.1 Å². The lowest BCUT2D eigenvalue weighted by Crippen LogP contribution is -2.48. The van der Waals surface area contributed by atoms with E-state index in [-0.39, 0.29) is 31.3 Å². The van der Waals surface area contributed by atoms with Gasteiger partial charge >= 0.3 is 5.97 Å². The number of hydrogen-bond donors (Lipinski definition) is 1. The Hall–Kier alpha value is -1.74. The second-order valence-electron chi connectivity index (χ2n) is 6.55. The number of ether oxygens (including phenoxy) is 2. The molecular formula is C19H24N2O4S2. The van der Waals surface area contributed by atoms with Gasteiger partial charge in [-0.2, -0.15) is 0 Å². The van der Waals surface area contributed by atoms with Crippen molar-refractivity contribution in [3.05, 3.63) is 28.5 Å². The Morgan fingerprint density at radius 2 is 2.04 bits per heavy atom. The standard InChI is InChI=1S/C19H24N2O4S2/c1-4-24-19(23)17-14(15-6-5-7-26-15)11-27-18(17)20-16(22)10-21-8-12(2)25-13(3)9-21/h5-7,11-13H,4,8-10H2,1-3H3,(H,20,22)/t12-,13-/m1/s1. The van der Waals surface area contributed by atoms with Gasteiger partial charge in [-0.15, -0.1) is 22.7 Å². The first kappa shape index (κ1) is 20.0. The van der Waals surface area contributed by atoms with Crippen LogP contribution in [0.2, 0.25) is 0 Å². The zero-order valence-electron chi connectivity index (χ0n) is 15.7. The molecular weight excluding hydrogens is 384 g/mol. The molecule has 6 nitrogen and oxygen atoms in total. The van der Waals surface area contributed by atoms with Crippen LogP contribution in [0.25, 0.3) is 10.4 Å². The van der Waals surface area contributed by atoms with Gasteiger partial charge in [0.1, 0.15) is 10.6 Å². The fourth-order valence-electron chi connectivity index (χ4n) is 3.25. The number of anilines is 1. The molecule has 1 aliphatic rings. The Morgan fingerprint density at radius 3 is 2.67 bits per heavy atom. The molecule has 1 N–H and O–H groups in total. The zero-order chi connectivity index (χ0) is 19.4. The first-order chi connectivity index (χ1) is 13.0. The van der Waals surface area contributed by atoms with Gasteiger partial charge in [0, 0.05) is 28.9 Å². The summed E-state index contributed by atoms with van der Waals surface area (Å²) in [7, 11) is 0. The van der Waals surface area contributed by atoms with Crippen LogP contribution in [-0.2, 0) is 14.3 Å². The minimum absolute atomic E-state index is 0.101. The van der Waals surface area contributed by atoms with Crippen molar-refractivity contribution in [1.29, 1.82) is 0 Å². The van der Waals surface area contributed by atoms with Crippen molar-refractivity contribution in [1.82, 2.24) is 4.90 Å². The predicted octanol–water partition coefficient (Wildman–Crippen LogP) is 3.70. The molecule has 2 aromatic heterocycles. The van der Waals surface area contributed by atoms with Crippen molar-refractivity contribution < 1.29 is 19.1 Å². The minimum atomic E-state index is -0.411. The van der Waals surface area contributed by atoms with E-state index in [0.717, 1.165) is 10.4 Å². The van der Waals surface area contributed by atoms with Crippen molar-refractivity contribution in [2.45, 2.75) is 33.0 Å². The molecule has 0 unspecified atom stereocenters. The number of morpholine rings is 1. The molecule has 1 amide bonds. The normalized spacial score (nSPS) is 20.4. The topological polar surface area (TPSA) is 67.9 Å². The van der Waals surface area contributed by atoms with Crippen molar-refractivity contribution in [2.75, 3.05) is 31.6 Å². The molecule has 0 aromatic carbocycles. The first-order valence-corrected chi connectivity index (χ1v) is 10.7. The van der Waals surface area contributed by atoms with Crippen LogP contribution in [0.5, 0.6) is 0 Å². The Morgan fingerprint density at radius 1 is 1.30 bits per heavy atom. The summed E-state index contributed by atoms with van der Waals surface area (Å²) in [6.45, 7) is 7.77. The van der Waals surface area contributed by atoms with Crippen LogP contribution in [0.3, 0.4) is 0 Å². The maximum absolute atomic E-state index is 12.6. The highest BCUT2D eigenvalue weighted by atomic mass is 32.1. The molecule has 0 bridgehead atoms. The first-order valence-electron chi connectivity index (χ1n) is 8.98. The molecule has 0 radical (unpaired) electrons. The lowest BCUT2D eigenvalue weighted by Gasteiger charge is -2.34. The second-order valence-corrected chi connectivity index (χ2v) is 8.38. The Labute approximate surface area is 167 Å². The maximum atomic E-state index is 12.6. The van der Waals surface area contributed by atoms with Gasteiger partial charge in [-0.25, -0.2) is 4.79 Å². The average molecular weight is 409 g/mol. The molecule has 27 heavy (non-hydrogen) atoms. The van der Waals surface area contributed by atoms with Crippen molar-refractivity contribution in [3.8, 4) is 10.4 Å². The van der Waals surface area contributed by atoms with E-state index in [0.29, 0.717) is 23.7 Å². The van der Waals surface area contributed by atoms with E-state index in [9.17, 15) is 9.59 Å². The summed E-state index contributed by atoms with van der Waals surface area (Å²) < 4.78 is 10.9. The zero-order valence-corrected chi connectivity index (χ0v) is 17.3. The van der Waals surface area contributed by atoms with E-state index >= 15 is 0 Å². The van der Waals surface area contributed by atoms with Crippen molar-refractivity contribution >= 4 is 39.6 Å². The second kappa shape index (κ2) is 8.97. The number of esters is 1. The predicted molar refractivity (Wildman–Crippen MR) is 109 cm³/mol. The number of carbonyl (C=O) groups is 2. The van der Waals surface area contributed by atoms with Crippen molar-refractivity contribution in [3.63, 3.8) is 0 Å². The molecule has 1 fully saturated rings. The summed E-state index contributed by atoms with van der Waals surface area (Å²) in [5, 5.41) is 7.30. The molecule has 0 aliphatic carbocycles. The molecule has 3 heterocycles. The summed E-state index contributed by atoms with van der Waals surface area (Å²) in [6, 6.07) is 3.89. The van der Waals surface area contributed by atoms with E-state index in [4.69, 9.17) is 9.47 Å². The molecule has 146 valence electrons. The third kappa shape index (κ3) is 4.95. The van der Waals surface area contributed by atoms with Crippen LogP contribution >= 0.6 is 22.7 Å². The van der Waals surface area contributed by atoms with Gasteiger partial charge in [-0.3, -0.25) is 9.69 Å². The smallest absolute Gasteiger partial charge is 0.341 e. The SMILES string of the molecule is CCOC(=O)c1c(-c2cccs2)csc1NC(=O)CN1C[C@@H](C)O[C@H](C)C1. The molecule has 8 heteroatoms. The van der Waals surface area contributed by atoms with E-state index in [1.54, 1.807) is 18.3 Å². The van der Waals surface area contributed by atoms with Gasteiger partial charge in [-0.05, 0) is 32.2 Å². The summed E-state index contributed by atoms with van der Waals surface area (Å²) in [5.41, 5.74) is 1.23. The third-order valence-corrected chi connectivity index (χ3v) is 5.97. The summed E-state index contributed by atoms with van der Waals surface area (Å²) in [5.74, 6) is -0.549. The average Bonchev–Trinajstić information content (AvgIpc) is 3.23. The van der Waals surface area contributed by atoms with Gasteiger partial charge in [0.2, 0.25) is 5.91 Å². The quantitative estimate of drug-likeness (QED) is 0.738. The highest BCUT2D eigenvalue weighted by Crippen LogP contribution is 2.38.